The molecule has 0 amide bonds. The second-order valence-electron chi connectivity index (χ2n) is 7.08. The molecule has 0 aliphatic heterocycles. The van der Waals surface area contributed by atoms with Gasteiger partial charge in [-0.05, 0) is 47.2 Å². The van der Waals surface area contributed by atoms with E-state index in [4.69, 9.17) is 15.1 Å². The summed E-state index contributed by atoms with van der Waals surface area (Å²) in [5, 5.41) is 14.2. The van der Waals surface area contributed by atoms with Gasteiger partial charge in [-0.15, -0.1) is 0 Å². The van der Waals surface area contributed by atoms with E-state index >= 15 is 0 Å². The molecule has 2 atom stereocenters. The van der Waals surface area contributed by atoms with Crippen molar-refractivity contribution in [2.75, 3.05) is 6.61 Å². The van der Waals surface area contributed by atoms with Gasteiger partial charge in [-0.2, -0.15) is 5.26 Å². The van der Waals surface area contributed by atoms with Crippen LogP contribution in [0.1, 0.15) is 30.9 Å². The minimum Gasteiger partial charge on any atom is -0.492 e. The molecular weight excluding hydrogens is 355 g/mol. The summed E-state index contributed by atoms with van der Waals surface area (Å²) < 4.78 is 41.7. The van der Waals surface area contributed by atoms with E-state index in [-0.39, 0.29) is 27.7 Å². The number of rotatable bonds is 5. The molecule has 0 heterocycles. The molecule has 2 aromatic carbocycles. The molecule has 0 bridgehead atoms. The van der Waals surface area contributed by atoms with E-state index in [0.29, 0.717) is 12.4 Å². The van der Waals surface area contributed by atoms with Gasteiger partial charge in [0.05, 0.1) is 17.1 Å². The van der Waals surface area contributed by atoms with Crippen molar-refractivity contribution in [3.8, 4) is 11.8 Å². The SMILES string of the molecule is CC1(C)[C@@H](COc2ccc(F)cc2C#N)[C@@H]1c1ccc(S(N)(=O)=O)cc1. The summed E-state index contributed by atoms with van der Waals surface area (Å²) in [5.74, 6) is 0.274. The topological polar surface area (TPSA) is 93.2 Å². The zero-order chi connectivity index (χ0) is 19.1. The molecule has 136 valence electrons. The average molecular weight is 374 g/mol. The number of primary sulfonamides is 1. The van der Waals surface area contributed by atoms with E-state index in [1.807, 2.05) is 6.07 Å². The number of nitrogens with two attached hydrogens (primary N) is 1. The first kappa shape index (κ1) is 18.4. The summed E-state index contributed by atoms with van der Waals surface area (Å²) in [4.78, 5) is 0.0810. The summed E-state index contributed by atoms with van der Waals surface area (Å²) in [7, 11) is -3.71. The van der Waals surface area contributed by atoms with Gasteiger partial charge in [0, 0.05) is 5.92 Å². The molecule has 2 aromatic rings. The fourth-order valence-corrected chi connectivity index (χ4v) is 3.99. The zero-order valence-corrected chi connectivity index (χ0v) is 15.3. The predicted octanol–water partition coefficient (Wildman–Crippen LogP) is 3.16. The maximum atomic E-state index is 13.2. The molecule has 26 heavy (non-hydrogen) atoms. The lowest BCUT2D eigenvalue weighted by molar-refractivity contribution is 0.278. The van der Waals surface area contributed by atoms with Gasteiger partial charge < -0.3 is 4.74 Å². The minimum absolute atomic E-state index is 0.0318. The fraction of sp³-hybridized carbons (Fsp3) is 0.316. The first-order valence-corrected chi connectivity index (χ1v) is 9.64. The largest absolute Gasteiger partial charge is 0.492 e. The lowest BCUT2D eigenvalue weighted by Crippen LogP contribution is -2.11. The molecule has 0 radical (unpaired) electrons. The van der Waals surface area contributed by atoms with Gasteiger partial charge in [-0.25, -0.2) is 17.9 Å². The van der Waals surface area contributed by atoms with Crippen molar-refractivity contribution in [3.63, 3.8) is 0 Å². The number of sulfonamides is 1. The van der Waals surface area contributed by atoms with Crippen LogP contribution >= 0.6 is 0 Å². The first-order chi connectivity index (χ1) is 12.1. The van der Waals surface area contributed by atoms with Crippen molar-refractivity contribution in [3.05, 3.63) is 59.4 Å². The van der Waals surface area contributed by atoms with Crippen LogP contribution in [0.2, 0.25) is 0 Å². The Kier molecular flexibility index (Phi) is 4.51. The van der Waals surface area contributed by atoms with Crippen LogP contribution in [0.4, 0.5) is 4.39 Å². The molecule has 1 saturated carbocycles. The molecular formula is C19H19FN2O3S. The summed E-state index contributed by atoms with van der Waals surface area (Å²) >= 11 is 0. The highest BCUT2D eigenvalue weighted by Crippen LogP contribution is 2.64. The normalized spacial score (nSPS) is 21.0. The molecule has 3 rings (SSSR count). The molecule has 0 unspecified atom stereocenters. The number of ether oxygens (including phenoxy) is 1. The van der Waals surface area contributed by atoms with Crippen LogP contribution in [0.5, 0.6) is 5.75 Å². The van der Waals surface area contributed by atoms with E-state index in [9.17, 15) is 12.8 Å². The van der Waals surface area contributed by atoms with Gasteiger partial charge in [0.2, 0.25) is 10.0 Å². The lowest BCUT2D eigenvalue weighted by Gasteiger charge is -2.08. The molecule has 7 heteroatoms. The summed E-state index contributed by atoms with van der Waals surface area (Å²) in [5.41, 5.74) is 1.14. The number of hydrogen-bond acceptors (Lipinski definition) is 4. The van der Waals surface area contributed by atoms with Gasteiger partial charge >= 0.3 is 0 Å². The van der Waals surface area contributed by atoms with Crippen LogP contribution in [0.15, 0.2) is 47.4 Å². The van der Waals surface area contributed by atoms with Gasteiger partial charge in [-0.1, -0.05) is 26.0 Å². The van der Waals surface area contributed by atoms with Gasteiger partial charge in [0.1, 0.15) is 17.6 Å². The Hall–Kier alpha value is -2.43. The number of nitrogens with zero attached hydrogens (tertiary/aromatic N) is 1. The maximum absolute atomic E-state index is 13.2. The van der Waals surface area contributed by atoms with E-state index in [1.165, 1.54) is 24.3 Å². The smallest absolute Gasteiger partial charge is 0.238 e. The Morgan fingerprint density at radius 3 is 2.46 bits per heavy atom. The molecule has 1 aliphatic rings. The van der Waals surface area contributed by atoms with Crippen molar-refractivity contribution >= 4 is 10.0 Å². The Labute approximate surface area is 152 Å². The van der Waals surface area contributed by atoms with Gasteiger partial charge in [0.15, 0.2) is 0 Å². The average Bonchev–Trinajstić information content (AvgIpc) is 3.13. The highest BCUT2D eigenvalue weighted by Gasteiger charge is 2.58. The quantitative estimate of drug-likeness (QED) is 0.870. The molecule has 1 aliphatic carbocycles. The van der Waals surface area contributed by atoms with E-state index in [0.717, 1.165) is 11.6 Å². The lowest BCUT2D eigenvalue weighted by atomic mass is 10.0. The number of benzene rings is 2. The van der Waals surface area contributed by atoms with Crippen molar-refractivity contribution in [1.82, 2.24) is 0 Å². The Morgan fingerprint density at radius 1 is 1.23 bits per heavy atom. The highest BCUT2D eigenvalue weighted by atomic mass is 32.2. The van der Waals surface area contributed by atoms with Crippen molar-refractivity contribution in [2.24, 2.45) is 16.5 Å². The van der Waals surface area contributed by atoms with E-state index in [2.05, 4.69) is 13.8 Å². The molecule has 0 saturated heterocycles. The molecule has 5 nitrogen and oxygen atoms in total. The molecule has 2 N–H and O–H groups in total. The highest BCUT2D eigenvalue weighted by molar-refractivity contribution is 7.89. The number of halogens is 1. The van der Waals surface area contributed by atoms with Crippen LogP contribution in [-0.2, 0) is 10.0 Å². The predicted molar refractivity (Wildman–Crippen MR) is 94.4 cm³/mol. The Morgan fingerprint density at radius 2 is 1.88 bits per heavy atom. The van der Waals surface area contributed by atoms with Crippen molar-refractivity contribution in [1.29, 1.82) is 5.26 Å². The third kappa shape index (κ3) is 3.43. The first-order valence-electron chi connectivity index (χ1n) is 8.10. The van der Waals surface area contributed by atoms with Crippen LogP contribution < -0.4 is 9.88 Å². The van der Waals surface area contributed by atoms with Crippen molar-refractivity contribution in [2.45, 2.75) is 24.7 Å². The monoisotopic (exact) mass is 374 g/mol. The summed E-state index contributed by atoms with van der Waals surface area (Å²) in [6, 6.07) is 12.3. The van der Waals surface area contributed by atoms with Gasteiger partial charge in [0.25, 0.3) is 0 Å². The maximum Gasteiger partial charge on any atom is 0.238 e. The third-order valence-electron chi connectivity index (χ3n) is 5.10. The Bertz CT molecular complexity index is 979. The van der Waals surface area contributed by atoms with E-state index < -0.39 is 15.8 Å². The van der Waals surface area contributed by atoms with Crippen LogP contribution in [0.3, 0.4) is 0 Å². The molecule has 1 fully saturated rings. The van der Waals surface area contributed by atoms with Crippen molar-refractivity contribution < 1.29 is 17.5 Å². The number of hydrogen-bond donors (Lipinski definition) is 1. The zero-order valence-electron chi connectivity index (χ0n) is 14.4. The Balaban J connectivity index is 1.74. The van der Waals surface area contributed by atoms with E-state index in [1.54, 1.807) is 12.1 Å². The second kappa shape index (κ2) is 6.38. The van der Waals surface area contributed by atoms with Crippen LogP contribution in [-0.4, -0.2) is 15.0 Å². The van der Waals surface area contributed by atoms with Crippen LogP contribution in [0.25, 0.3) is 0 Å². The fourth-order valence-electron chi connectivity index (χ4n) is 3.48. The third-order valence-corrected chi connectivity index (χ3v) is 6.03. The van der Waals surface area contributed by atoms with Gasteiger partial charge in [-0.3, -0.25) is 0 Å². The molecule has 0 spiro atoms. The number of nitriles is 1. The molecule has 0 aromatic heterocycles. The summed E-state index contributed by atoms with van der Waals surface area (Å²) in [6.45, 7) is 4.60. The minimum atomic E-state index is -3.71. The second-order valence-corrected chi connectivity index (χ2v) is 8.64. The standard InChI is InChI=1S/C19H19FN2O3S/c1-19(2)16(11-25-17-8-5-14(20)9-13(17)10-21)18(19)12-3-6-15(7-4-12)26(22,23)24/h3-9,16,18H,11H2,1-2H3,(H2,22,23,24)/t16-,18-/m0/s1. The van der Waals surface area contributed by atoms with Crippen LogP contribution in [0, 0.1) is 28.5 Å². The summed E-state index contributed by atoms with van der Waals surface area (Å²) in [6.07, 6.45) is 0.